The summed E-state index contributed by atoms with van der Waals surface area (Å²) in [5, 5.41) is -0.453. The van der Waals surface area contributed by atoms with E-state index in [1.165, 1.54) is 0 Å². The average molecular weight is 458 g/mol. The van der Waals surface area contributed by atoms with E-state index in [4.69, 9.17) is 0 Å². The molecular formula is C21H20BrN3O2S. The molecule has 1 saturated heterocycles. The van der Waals surface area contributed by atoms with Crippen LogP contribution in [-0.4, -0.2) is 20.5 Å². The number of carbonyl (C=O) groups is 1. The van der Waals surface area contributed by atoms with Crippen molar-refractivity contribution in [3.05, 3.63) is 80.7 Å². The number of halogens is 1. The first-order valence-corrected chi connectivity index (χ1v) is 10.7. The fraction of sp³-hybridized carbons (Fsp3) is 0.238. The molecule has 5 nitrogen and oxygen atoms in total. The Labute approximate surface area is 176 Å². The molecule has 144 valence electrons. The van der Waals surface area contributed by atoms with E-state index in [2.05, 4.69) is 15.9 Å². The normalized spacial score (nSPS) is 19.4. The molecule has 7 heteroatoms. The maximum atomic E-state index is 13.4. The molecule has 1 aliphatic rings. The van der Waals surface area contributed by atoms with Crippen LogP contribution in [0.1, 0.15) is 23.6 Å². The Bertz CT molecular complexity index is 1110. The molecule has 1 amide bonds. The molecule has 0 spiro atoms. The predicted molar refractivity (Wildman–Crippen MR) is 117 cm³/mol. The van der Waals surface area contributed by atoms with Crippen molar-refractivity contribution in [1.82, 2.24) is 9.36 Å². The van der Waals surface area contributed by atoms with E-state index in [9.17, 15) is 9.59 Å². The molecule has 2 unspecified atom stereocenters. The van der Waals surface area contributed by atoms with Crippen LogP contribution in [0.25, 0.3) is 5.69 Å². The smallest absolute Gasteiger partial charge is 0.288 e. The number of amides is 1. The zero-order valence-electron chi connectivity index (χ0n) is 15.8. The zero-order valence-corrected chi connectivity index (χ0v) is 18.2. The lowest BCUT2D eigenvalue weighted by atomic mass is 10.2. The lowest BCUT2D eigenvalue weighted by Crippen LogP contribution is -2.34. The van der Waals surface area contributed by atoms with Gasteiger partial charge in [-0.15, -0.1) is 11.8 Å². The van der Waals surface area contributed by atoms with Crippen molar-refractivity contribution in [2.24, 2.45) is 7.05 Å². The molecule has 0 radical (unpaired) electrons. The van der Waals surface area contributed by atoms with E-state index in [0.29, 0.717) is 5.69 Å². The van der Waals surface area contributed by atoms with Gasteiger partial charge in [0.2, 0.25) is 5.91 Å². The highest BCUT2D eigenvalue weighted by Crippen LogP contribution is 2.45. The Kier molecular flexibility index (Phi) is 4.97. The van der Waals surface area contributed by atoms with E-state index in [1.807, 2.05) is 80.2 Å². The summed E-state index contributed by atoms with van der Waals surface area (Å²) in [6.45, 7) is 3.78. The molecular weight excluding hydrogens is 438 g/mol. The number of hydrogen-bond acceptors (Lipinski definition) is 3. The van der Waals surface area contributed by atoms with Crippen LogP contribution >= 0.6 is 27.7 Å². The highest BCUT2D eigenvalue weighted by atomic mass is 79.9. The number of aromatic nitrogens is 2. The van der Waals surface area contributed by atoms with Crippen LogP contribution in [0, 0.1) is 6.92 Å². The number of anilines is 1. The summed E-state index contributed by atoms with van der Waals surface area (Å²) in [7, 11) is 1.85. The van der Waals surface area contributed by atoms with Crippen LogP contribution in [0.5, 0.6) is 0 Å². The number of rotatable bonds is 3. The van der Waals surface area contributed by atoms with Crippen molar-refractivity contribution >= 4 is 39.3 Å². The maximum absolute atomic E-state index is 13.4. The zero-order chi connectivity index (χ0) is 20.0. The molecule has 0 N–H and O–H groups in total. The number of para-hydroxylation sites is 1. The first-order chi connectivity index (χ1) is 13.4. The van der Waals surface area contributed by atoms with Gasteiger partial charge >= 0.3 is 0 Å². The number of carbonyl (C=O) groups excluding carboxylic acids is 1. The van der Waals surface area contributed by atoms with Gasteiger partial charge in [-0.1, -0.05) is 46.3 Å². The third-order valence-electron chi connectivity index (χ3n) is 5.05. The number of nitrogens with zero attached hydrogens (tertiary/aromatic N) is 3. The van der Waals surface area contributed by atoms with Gasteiger partial charge in [-0.2, -0.15) is 0 Å². The number of thioether (sulfide) groups is 1. The summed E-state index contributed by atoms with van der Waals surface area (Å²) in [4.78, 5) is 28.2. The van der Waals surface area contributed by atoms with E-state index in [1.54, 1.807) is 21.3 Å². The third kappa shape index (κ3) is 3.02. The third-order valence-corrected chi connectivity index (χ3v) is 6.90. The topological polar surface area (TPSA) is 47.2 Å². The standard InChI is InChI=1S/C21H20BrN3O2S/c1-13-18(20(27)25(23(13)3)17-10-5-4-6-11-17)24-19(26)14(2)28-21(24)15-8-7-9-16(22)12-15/h4-12,14,21H,1-3H3. The second-order valence-corrected chi connectivity index (χ2v) is 9.15. The number of benzene rings is 2. The van der Waals surface area contributed by atoms with Crippen LogP contribution < -0.4 is 10.5 Å². The van der Waals surface area contributed by atoms with Crippen molar-refractivity contribution in [1.29, 1.82) is 0 Å². The summed E-state index contributed by atoms with van der Waals surface area (Å²) in [5.41, 5.74) is 2.78. The fourth-order valence-electron chi connectivity index (χ4n) is 3.57. The summed E-state index contributed by atoms with van der Waals surface area (Å²) in [6.07, 6.45) is 0. The average Bonchev–Trinajstić information content (AvgIpc) is 3.09. The van der Waals surface area contributed by atoms with Gasteiger partial charge in [-0.25, -0.2) is 4.68 Å². The second-order valence-electron chi connectivity index (χ2n) is 6.80. The molecule has 4 rings (SSSR count). The quantitative estimate of drug-likeness (QED) is 0.584. The van der Waals surface area contributed by atoms with Gasteiger partial charge in [-0.05, 0) is 43.7 Å². The highest BCUT2D eigenvalue weighted by molar-refractivity contribution is 9.10. The summed E-state index contributed by atoms with van der Waals surface area (Å²) >= 11 is 5.07. The molecule has 1 fully saturated rings. The molecule has 1 aliphatic heterocycles. The number of hydrogen-bond donors (Lipinski definition) is 0. The Morgan fingerprint density at radius 1 is 1.04 bits per heavy atom. The van der Waals surface area contributed by atoms with Crippen molar-refractivity contribution in [3.8, 4) is 5.69 Å². The van der Waals surface area contributed by atoms with E-state index in [-0.39, 0.29) is 22.1 Å². The van der Waals surface area contributed by atoms with Crippen LogP contribution in [0.3, 0.4) is 0 Å². The minimum absolute atomic E-state index is 0.0408. The summed E-state index contributed by atoms with van der Waals surface area (Å²) in [6, 6.07) is 17.4. The van der Waals surface area contributed by atoms with Crippen molar-refractivity contribution in [2.45, 2.75) is 24.5 Å². The lowest BCUT2D eigenvalue weighted by molar-refractivity contribution is -0.117. The molecule has 2 heterocycles. The van der Waals surface area contributed by atoms with Gasteiger partial charge in [0.1, 0.15) is 11.1 Å². The van der Waals surface area contributed by atoms with Gasteiger partial charge in [0, 0.05) is 11.5 Å². The van der Waals surface area contributed by atoms with E-state index < -0.39 is 0 Å². The highest BCUT2D eigenvalue weighted by Gasteiger charge is 2.42. The van der Waals surface area contributed by atoms with Gasteiger partial charge < -0.3 is 0 Å². The first kappa shape index (κ1) is 19.1. The van der Waals surface area contributed by atoms with Crippen LogP contribution in [0.15, 0.2) is 63.9 Å². The lowest BCUT2D eigenvalue weighted by Gasteiger charge is -2.23. The first-order valence-electron chi connectivity index (χ1n) is 8.98. The maximum Gasteiger partial charge on any atom is 0.295 e. The van der Waals surface area contributed by atoms with Gasteiger partial charge in [0.05, 0.1) is 16.6 Å². The van der Waals surface area contributed by atoms with E-state index >= 15 is 0 Å². The Morgan fingerprint density at radius 3 is 2.43 bits per heavy atom. The molecule has 3 aromatic rings. The SMILES string of the molecule is Cc1c(N2C(=O)C(C)SC2c2cccc(Br)c2)c(=O)n(-c2ccccc2)n1C. The largest absolute Gasteiger partial charge is 0.295 e. The molecule has 0 saturated carbocycles. The molecule has 2 aromatic carbocycles. The molecule has 2 atom stereocenters. The van der Waals surface area contributed by atoms with Gasteiger partial charge in [0.15, 0.2) is 0 Å². The van der Waals surface area contributed by atoms with Gasteiger partial charge in [0.25, 0.3) is 5.56 Å². The van der Waals surface area contributed by atoms with Crippen LogP contribution in [0.4, 0.5) is 5.69 Å². The molecule has 0 bridgehead atoms. The molecule has 1 aromatic heterocycles. The minimum Gasteiger partial charge on any atom is -0.288 e. The minimum atomic E-state index is -0.238. The monoisotopic (exact) mass is 457 g/mol. The van der Waals surface area contributed by atoms with Gasteiger partial charge in [-0.3, -0.25) is 19.2 Å². The van der Waals surface area contributed by atoms with Crippen molar-refractivity contribution < 1.29 is 4.79 Å². The Balaban J connectivity index is 1.89. The fourth-order valence-corrected chi connectivity index (χ4v) is 5.24. The second kappa shape index (κ2) is 7.29. The van der Waals surface area contributed by atoms with E-state index in [0.717, 1.165) is 21.4 Å². The summed E-state index contributed by atoms with van der Waals surface area (Å²) < 4.78 is 4.37. The van der Waals surface area contributed by atoms with Crippen LogP contribution in [-0.2, 0) is 11.8 Å². The Morgan fingerprint density at radius 2 is 1.75 bits per heavy atom. The van der Waals surface area contributed by atoms with Crippen LogP contribution in [0.2, 0.25) is 0 Å². The van der Waals surface area contributed by atoms with Crippen molar-refractivity contribution in [3.63, 3.8) is 0 Å². The summed E-state index contributed by atoms with van der Waals surface area (Å²) in [5.74, 6) is -0.0408. The van der Waals surface area contributed by atoms with Crippen molar-refractivity contribution in [2.75, 3.05) is 4.90 Å². The molecule has 0 aliphatic carbocycles. The Hall–Kier alpha value is -2.25. The molecule has 28 heavy (non-hydrogen) atoms. The predicted octanol–water partition coefficient (Wildman–Crippen LogP) is 4.41.